The number of likely N-dealkylation sites (N-methyl/N-ethyl adjacent to an activating group) is 1. The lowest BCUT2D eigenvalue weighted by molar-refractivity contribution is 0.162. The van der Waals surface area contributed by atoms with Gasteiger partial charge in [0.1, 0.15) is 0 Å². The Morgan fingerprint density at radius 1 is 1.10 bits per heavy atom. The third-order valence-electron chi connectivity index (χ3n) is 5.46. The lowest BCUT2D eigenvalue weighted by atomic mass is 9.98. The summed E-state index contributed by atoms with van der Waals surface area (Å²) in [7, 11) is 2.30. The Hall–Kier alpha value is -0.900. The number of rotatable bonds is 3. The third kappa shape index (κ3) is 2.62. The third-order valence-corrected chi connectivity index (χ3v) is 5.46. The Bertz CT molecular complexity index is 433. The molecule has 0 saturated carbocycles. The fraction of sp³-hybridized carbons (Fsp3) is 0.647. The highest BCUT2D eigenvalue weighted by Gasteiger charge is 2.36. The van der Waals surface area contributed by atoms with Crippen LogP contribution in [0.3, 0.4) is 0 Å². The predicted molar refractivity (Wildman–Crippen MR) is 83.6 cm³/mol. The standard InChI is InChI=1S/C17H27N3/c1-13(17(18)14-6-4-3-5-7-14)20-11-10-15-8-9-16(12-20)19(15)2/h3-7,13,15-17H,8-12,18H2,1-2H3. The fourth-order valence-corrected chi connectivity index (χ4v) is 3.89. The molecule has 1 aromatic rings. The summed E-state index contributed by atoms with van der Waals surface area (Å²) in [4.78, 5) is 5.21. The Morgan fingerprint density at radius 3 is 2.55 bits per heavy atom. The first-order chi connectivity index (χ1) is 9.66. The van der Waals surface area contributed by atoms with Gasteiger partial charge in [0, 0.05) is 37.3 Å². The molecule has 2 heterocycles. The molecule has 2 N–H and O–H groups in total. The van der Waals surface area contributed by atoms with E-state index >= 15 is 0 Å². The molecule has 3 rings (SSSR count). The van der Waals surface area contributed by atoms with Crippen LogP contribution in [-0.4, -0.2) is 48.1 Å². The molecule has 1 aromatic carbocycles. The van der Waals surface area contributed by atoms with E-state index in [0.717, 1.165) is 12.1 Å². The molecule has 2 saturated heterocycles. The predicted octanol–water partition coefficient (Wildman–Crippen LogP) is 2.24. The fourth-order valence-electron chi connectivity index (χ4n) is 3.89. The Kier molecular flexibility index (Phi) is 4.11. The summed E-state index contributed by atoms with van der Waals surface area (Å²) in [5.74, 6) is 0. The summed E-state index contributed by atoms with van der Waals surface area (Å²) in [5, 5.41) is 0. The molecule has 2 aliphatic rings. The molecule has 4 atom stereocenters. The molecular weight excluding hydrogens is 246 g/mol. The van der Waals surface area contributed by atoms with Crippen molar-refractivity contribution in [2.75, 3.05) is 20.1 Å². The summed E-state index contributed by atoms with van der Waals surface area (Å²) < 4.78 is 0. The maximum atomic E-state index is 6.50. The van der Waals surface area contributed by atoms with Crippen LogP contribution in [0.4, 0.5) is 0 Å². The summed E-state index contributed by atoms with van der Waals surface area (Å²) in [6, 6.07) is 12.6. The number of nitrogens with zero attached hydrogens (tertiary/aromatic N) is 2. The van der Waals surface area contributed by atoms with Gasteiger partial charge in [0.15, 0.2) is 0 Å². The Balaban J connectivity index is 1.69. The quantitative estimate of drug-likeness (QED) is 0.917. The van der Waals surface area contributed by atoms with Crippen LogP contribution in [0, 0.1) is 0 Å². The summed E-state index contributed by atoms with van der Waals surface area (Å²) in [6.45, 7) is 4.65. The first kappa shape index (κ1) is 14.1. The van der Waals surface area contributed by atoms with Crippen molar-refractivity contribution in [2.24, 2.45) is 5.73 Å². The van der Waals surface area contributed by atoms with Gasteiger partial charge in [-0.2, -0.15) is 0 Å². The van der Waals surface area contributed by atoms with Gasteiger partial charge in [-0.05, 0) is 38.8 Å². The second kappa shape index (κ2) is 5.84. The average molecular weight is 273 g/mol. The number of nitrogens with two attached hydrogens (primary N) is 1. The van der Waals surface area contributed by atoms with Crippen LogP contribution in [0.15, 0.2) is 30.3 Å². The van der Waals surface area contributed by atoms with Gasteiger partial charge in [0.2, 0.25) is 0 Å². The molecule has 0 aromatic heterocycles. The van der Waals surface area contributed by atoms with E-state index in [4.69, 9.17) is 5.73 Å². The van der Waals surface area contributed by atoms with E-state index < -0.39 is 0 Å². The number of benzene rings is 1. The van der Waals surface area contributed by atoms with Gasteiger partial charge >= 0.3 is 0 Å². The van der Waals surface area contributed by atoms with Crippen molar-refractivity contribution in [1.29, 1.82) is 0 Å². The molecule has 0 aliphatic carbocycles. The first-order valence-electron chi connectivity index (χ1n) is 7.93. The van der Waals surface area contributed by atoms with Crippen molar-refractivity contribution in [3.05, 3.63) is 35.9 Å². The van der Waals surface area contributed by atoms with Crippen molar-refractivity contribution < 1.29 is 0 Å². The number of hydrogen-bond donors (Lipinski definition) is 1. The second-order valence-corrected chi connectivity index (χ2v) is 6.51. The topological polar surface area (TPSA) is 32.5 Å². The van der Waals surface area contributed by atoms with Crippen LogP contribution in [0.2, 0.25) is 0 Å². The summed E-state index contributed by atoms with van der Waals surface area (Å²) >= 11 is 0. The lowest BCUT2D eigenvalue weighted by Gasteiger charge is -2.34. The maximum absolute atomic E-state index is 6.50. The molecule has 0 spiro atoms. The SMILES string of the molecule is CC(C(N)c1ccccc1)N1CCC2CCC(C1)N2C. The van der Waals surface area contributed by atoms with Crippen molar-refractivity contribution in [3.63, 3.8) is 0 Å². The highest BCUT2D eigenvalue weighted by Crippen LogP contribution is 2.30. The zero-order chi connectivity index (χ0) is 14.1. The molecular formula is C17H27N3. The van der Waals surface area contributed by atoms with Gasteiger partial charge in [-0.3, -0.25) is 9.80 Å². The Morgan fingerprint density at radius 2 is 1.80 bits per heavy atom. The van der Waals surface area contributed by atoms with E-state index in [1.165, 1.54) is 37.9 Å². The lowest BCUT2D eigenvalue weighted by Crippen LogP contribution is -2.45. The largest absolute Gasteiger partial charge is 0.323 e. The molecule has 2 bridgehead atoms. The molecule has 2 aliphatic heterocycles. The first-order valence-corrected chi connectivity index (χ1v) is 7.93. The highest BCUT2D eigenvalue weighted by molar-refractivity contribution is 5.20. The van der Waals surface area contributed by atoms with E-state index in [1.54, 1.807) is 0 Å². The van der Waals surface area contributed by atoms with Gasteiger partial charge in [-0.15, -0.1) is 0 Å². The summed E-state index contributed by atoms with van der Waals surface area (Å²) in [6.07, 6.45) is 4.03. The van der Waals surface area contributed by atoms with Crippen LogP contribution in [0.25, 0.3) is 0 Å². The molecule has 0 radical (unpaired) electrons. The maximum Gasteiger partial charge on any atom is 0.0450 e. The average Bonchev–Trinajstić information content (AvgIpc) is 2.72. The van der Waals surface area contributed by atoms with Crippen LogP contribution in [0.1, 0.15) is 37.8 Å². The van der Waals surface area contributed by atoms with E-state index in [9.17, 15) is 0 Å². The van der Waals surface area contributed by atoms with Crippen molar-refractivity contribution in [2.45, 2.75) is 50.4 Å². The smallest absolute Gasteiger partial charge is 0.0450 e. The molecule has 3 nitrogen and oxygen atoms in total. The summed E-state index contributed by atoms with van der Waals surface area (Å²) in [5.41, 5.74) is 7.75. The van der Waals surface area contributed by atoms with E-state index in [0.29, 0.717) is 6.04 Å². The molecule has 2 fully saturated rings. The molecule has 4 unspecified atom stereocenters. The minimum absolute atomic E-state index is 0.109. The van der Waals surface area contributed by atoms with Crippen LogP contribution in [-0.2, 0) is 0 Å². The van der Waals surface area contributed by atoms with Crippen molar-refractivity contribution in [3.8, 4) is 0 Å². The second-order valence-electron chi connectivity index (χ2n) is 6.51. The van der Waals surface area contributed by atoms with Gasteiger partial charge in [-0.25, -0.2) is 0 Å². The van der Waals surface area contributed by atoms with E-state index in [2.05, 4.69) is 54.1 Å². The van der Waals surface area contributed by atoms with Crippen LogP contribution in [0.5, 0.6) is 0 Å². The highest BCUT2D eigenvalue weighted by atomic mass is 15.3. The van der Waals surface area contributed by atoms with Crippen LogP contribution < -0.4 is 5.73 Å². The van der Waals surface area contributed by atoms with Crippen molar-refractivity contribution in [1.82, 2.24) is 9.80 Å². The van der Waals surface area contributed by atoms with E-state index in [1.807, 2.05) is 0 Å². The van der Waals surface area contributed by atoms with E-state index in [-0.39, 0.29) is 6.04 Å². The zero-order valence-electron chi connectivity index (χ0n) is 12.7. The van der Waals surface area contributed by atoms with Gasteiger partial charge in [-0.1, -0.05) is 30.3 Å². The van der Waals surface area contributed by atoms with Gasteiger partial charge in [0.25, 0.3) is 0 Å². The van der Waals surface area contributed by atoms with Crippen LogP contribution >= 0.6 is 0 Å². The normalized spacial score (nSPS) is 30.9. The molecule has 0 amide bonds. The van der Waals surface area contributed by atoms with Gasteiger partial charge in [0.05, 0.1) is 0 Å². The van der Waals surface area contributed by atoms with Gasteiger partial charge < -0.3 is 5.73 Å². The monoisotopic (exact) mass is 273 g/mol. The minimum Gasteiger partial charge on any atom is -0.323 e. The molecule has 3 heteroatoms. The Labute approximate surface area is 122 Å². The number of likely N-dealkylation sites (tertiary alicyclic amines) is 1. The molecule has 110 valence electrons. The minimum atomic E-state index is 0.109. The zero-order valence-corrected chi connectivity index (χ0v) is 12.7. The number of hydrogen-bond acceptors (Lipinski definition) is 3. The molecule has 20 heavy (non-hydrogen) atoms. The number of fused-ring (bicyclic) bond motifs is 2. The van der Waals surface area contributed by atoms with Crippen molar-refractivity contribution >= 4 is 0 Å².